The molecule has 2 unspecified atom stereocenters. The number of hydrogen-bond donors (Lipinski definition) is 1. The average Bonchev–Trinajstić information content (AvgIpc) is 2.63. The molecule has 0 saturated carbocycles. The molecule has 0 amide bonds. The van der Waals surface area contributed by atoms with Crippen LogP contribution in [0.1, 0.15) is 20.8 Å². The van der Waals surface area contributed by atoms with Gasteiger partial charge in [-0.25, -0.2) is 13.8 Å². The Hall–Kier alpha value is -1.39. The number of nitrogens with one attached hydrogen (secondary N) is 1. The minimum absolute atomic E-state index is 0.126. The molecule has 2 rings (SSSR count). The first-order valence-corrected chi connectivity index (χ1v) is 6.37. The van der Waals surface area contributed by atoms with E-state index in [-0.39, 0.29) is 11.6 Å². The van der Waals surface area contributed by atoms with Crippen LogP contribution in [0.5, 0.6) is 0 Å². The first-order valence-electron chi connectivity index (χ1n) is 6.37. The van der Waals surface area contributed by atoms with Crippen LogP contribution in [-0.2, 0) is 0 Å². The summed E-state index contributed by atoms with van der Waals surface area (Å²) in [6.45, 7) is 8.21. The molecule has 2 atom stereocenters. The third kappa shape index (κ3) is 2.40. The van der Waals surface area contributed by atoms with E-state index in [0.29, 0.717) is 18.4 Å². The van der Waals surface area contributed by atoms with Gasteiger partial charge in [0.25, 0.3) is 0 Å². The van der Waals surface area contributed by atoms with Crippen molar-refractivity contribution in [1.82, 2.24) is 4.98 Å². The molecule has 0 aromatic carbocycles. The number of hydrogen-bond acceptors (Lipinski definition) is 3. The van der Waals surface area contributed by atoms with E-state index in [2.05, 4.69) is 24.1 Å². The lowest BCUT2D eigenvalue weighted by Crippen LogP contribution is -2.23. The maximum absolute atomic E-state index is 13.8. The quantitative estimate of drug-likeness (QED) is 0.900. The van der Waals surface area contributed by atoms with E-state index in [1.165, 1.54) is 0 Å². The van der Waals surface area contributed by atoms with Crippen molar-refractivity contribution in [2.75, 3.05) is 29.9 Å². The third-order valence-corrected chi connectivity index (χ3v) is 3.54. The predicted molar refractivity (Wildman–Crippen MR) is 68.9 cm³/mol. The highest BCUT2D eigenvalue weighted by Gasteiger charge is 2.29. The van der Waals surface area contributed by atoms with E-state index in [1.807, 2.05) is 11.8 Å². The molecule has 1 aromatic heterocycles. The van der Waals surface area contributed by atoms with E-state index < -0.39 is 11.6 Å². The molecular weight excluding hydrogens is 236 g/mol. The highest BCUT2D eigenvalue weighted by molar-refractivity contribution is 5.50. The lowest BCUT2D eigenvalue weighted by atomic mass is 10.0. The summed E-state index contributed by atoms with van der Waals surface area (Å²) in [7, 11) is 0. The van der Waals surface area contributed by atoms with Crippen molar-refractivity contribution >= 4 is 11.6 Å². The molecule has 1 aromatic rings. The van der Waals surface area contributed by atoms with Gasteiger partial charge in [-0.05, 0) is 18.8 Å². The summed E-state index contributed by atoms with van der Waals surface area (Å²) >= 11 is 0. The van der Waals surface area contributed by atoms with Crippen LogP contribution in [0.2, 0.25) is 0 Å². The Kier molecular flexibility index (Phi) is 3.68. The molecule has 1 saturated heterocycles. The van der Waals surface area contributed by atoms with Gasteiger partial charge in [0.05, 0.1) is 0 Å². The van der Waals surface area contributed by atoms with Crippen molar-refractivity contribution in [3.8, 4) is 0 Å². The summed E-state index contributed by atoms with van der Waals surface area (Å²) in [5, 5.41) is 2.81. The molecule has 0 bridgehead atoms. The second-order valence-corrected chi connectivity index (χ2v) is 5.01. The summed E-state index contributed by atoms with van der Waals surface area (Å²) in [5.74, 6) is 0.149. The van der Waals surface area contributed by atoms with Gasteiger partial charge in [0.1, 0.15) is 0 Å². The van der Waals surface area contributed by atoms with Crippen LogP contribution in [0.25, 0.3) is 0 Å². The summed E-state index contributed by atoms with van der Waals surface area (Å²) in [6.07, 6.45) is 0. The number of halogens is 2. The largest absolute Gasteiger partial charge is 0.368 e. The summed E-state index contributed by atoms with van der Waals surface area (Å²) in [5.41, 5.74) is 0. The van der Waals surface area contributed by atoms with Crippen LogP contribution in [0, 0.1) is 23.5 Å². The van der Waals surface area contributed by atoms with E-state index in [9.17, 15) is 8.78 Å². The van der Waals surface area contributed by atoms with Gasteiger partial charge in [0, 0.05) is 25.7 Å². The minimum atomic E-state index is -0.640. The number of pyridine rings is 1. The fourth-order valence-electron chi connectivity index (χ4n) is 2.27. The van der Waals surface area contributed by atoms with Crippen LogP contribution in [0.15, 0.2) is 6.07 Å². The Balaban J connectivity index is 2.30. The smallest absolute Gasteiger partial charge is 0.168 e. The molecule has 0 spiro atoms. The Morgan fingerprint density at radius 2 is 1.89 bits per heavy atom. The highest BCUT2D eigenvalue weighted by atomic mass is 19.1. The molecule has 18 heavy (non-hydrogen) atoms. The van der Waals surface area contributed by atoms with Crippen LogP contribution in [-0.4, -0.2) is 24.6 Å². The van der Waals surface area contributed by atoms with Gasteiger partial charge in [-0.1, -0.05) is 13.8 Å². The van der Waals surface area contributed by atoms with Gasteiger partial charge in [-0.2, -0.15) is 0 Å². The lowest BCUT2D eigenvalue weighted by Gasteiger charge is -2.19. The van der Waals surface area contributed by atoms with Crippen molar-refractivity contribution in [2.24, 2.45) is 11.8 Å². The maximum Gasteiger partial charge on any atom is 0.168 e. The van der Waals surface area contributed by atoms with Crippen molar-refractivity contribution < 1.29 is 8.78 Å². The molecule has 100 valence electrons. The molecule has 0 radical (unpaired) electrons. The van der Waals surface area contributed by atoms with Gasteiger partial charge >= 0.3 is 0 Å². The SMILES string of the molecule is CCNc1nc(N2CC(C)C(C)C2)c(F)cc1F. The Labute approximate surface area is 106 Å². The van der Waals surface area contributed by atoms with E-state index >= 15 is 0 Å². The summed E-state index contributed by atoms with van der Waals surface area (Å²) in [6, 6.07) is 0.911. The van der Waals surface area contributed by atoms with E-state index in [0.717, 1.165) is 19.2 Å². The van der Waals surface area contributed by atoms with E-state index in [1.54, 1.807) is 0 Å². The number of anilines is 2. The standard InChI is InChI=1S/C13H19F2N3/c1-4-16-12-10(14)5-11(15)13(17-12)18-6-8(2)9(3)7-18/h5,8-9H,4,6-7H2,1-3H3,(H,16,17). The van der Waals surface area contributed by atoms with Gasteiger partial charge in [-0.3, -0.25) is 0 Å². The molecule has 1 N–H and O–H groups in total. The van der Waals surface area contributed by atoms with Crippen molar-refractivity contribution in [1.29, 1.82) is 0 Å². The topological polar surface area (TPSA) is 28.2 Å². The normalized spacial score (nSPS) is 23.5. The molecule has 2 heterocycles. The molecule has 1 fully saturated rings. The third-order valence-electron chi connectivity index (χ3n) is 3.54. The lowest BCUT2D eigenvalue weighted by molar-refractivity contribution is 0.494. The molecule has 1 aliphatic rings. The average molecular weight is 255 g/mol. The first kappa shape index (κ1) is 13.1. The molecule has 5 heteroatoms. The zero-order valence-electron chi connectivity index (χ0n) is 11.0. The van der Waals surface area contributed by atoms with Crippen LogP contribution < -0.4 is 10.2 Å². The number of rotatable bonds is 3. The second kappa shape index (κ2) is 5.08. The maximum atomic E-state index is 13.8. The monoisotopic (exact) mass is 255 g/mol. The fraction of sp³-hybridized carbons (Fsp3) is 0.615. The van der Waals surface area contributed by atoms with Gasteiger partial charge in [0.2, 0.25) is 0 Å². The molecular formula is C13H19F2N3. The molecule has 1 aliphatic heterocycles. The number of nitrogens with zero attached hydrogens (tertiary/aromatic N) is 2. The summed E-state index contributed by atoms with van der Waals surface area (Å²) in [4.78, 5) is 5.97. The Morgan fingerprint density at radius 3 is 2.44 bits per heavy atom. The summed E-state index contributed by atoms with van der Waals surface area (Å²) < 4.78 is 27.3. The second-order valence-electron chi connectivity index (χ2n) is 5.01. The highest BCUT2D eigenvalue weighted by Crippen LogP contribution is 2.29. The zero-order valence-corrected chi connectivity index (χ0v) is 11.0. The molecule has 3 nitrogen and oxygen atoms in total. The first-order chi connectivity index (χ1) is 8.52. The van der Waals surface area contributed by atoms with Crippen molar-refractivity contribution in [2.45, 2.75) is 20.8 Å². The fourth-order valence-corrected chi connectivity index (χ4v) is 2.27. The Morgan fingerprint density at radius 1 is 1.28 bits per heavy atom. The minimum Gasteiger partial charge on any atom is -0.368 e. The number of aromatic nitrogens is 1. The van der Waals surface area contributed by atoms with Crippen LogP contribution in [0.4, 0.5) is 20.4 Å². The molecule has 0 aliphatic carbocycles. The van der Waals surface area contributed by atoms with Gasteiger partial charge < -0.3 is 10.2 Å². The van der Waals surface area contributed by atoms with Crippen molar-refractivity contribution in [3.63, 3.8) is 0 Å². The van der Waals surface area contributed by atoms with Crippen LogP contribution in [0.3, 0.4) is 0 Å². The van der Waals surface area contributed by atoms with E-state index in [4.69, 9.17) is 0 Å². The van der Waals surface area contributed by atoms with Gasteiger partial charge in [0.15, 0.2) is 23.3 Å². The predicted octanol–water partition coefficient (Wildman–Crippen LogP) is 2.88. The van der Waals surface area contributed by atoms with Gasteiger partial charge in [-0.15, -0.1) is 0 Å². The Bertz CT molecular complexity index is 426. The van der Waals surface area contributed by atoms with Crippen molar-refractivity contribution in [3.05, 3.63) is 17.7 Å². The van der Waals surface area contributed by atoms with Crippen LogP contribution >= 0.6 is 0 Å². The zero-order chi connectivity index (χ0) is 13.3.